The van der Waals surface area contributed by atoms with Gasteiger partial charge in [-0.2, -0.15) is 0 Å². The Labute approximate surface area is 438 Å². The van der Waals surface area contributed by atoms with Crippen LogP contribution in [0.15, 0.2) is 303 Å². The quantitative estimate of drug-likeness (QED) is 0.133. The van der Waals surface area contributed by atoms with Crippen LogP contribution in [0.25, 0.3) is 83.1 Å². The Kier molecular flexibility index (Phi) is 10.8. The lowest BCUT2D eigenvalue weighted by Crippen LogP contribution is -2.28. The van der Waals surface area contributed by atoms with Gasteiger partial charge in [-0.15, -0.1) is 0 Å². The molecule has 0 aliphatic heterocycles. The van der Waals surface area contributed by atoms with E-state index in [0.29, 0.717) is 0 Å². The van der Waals surface area contributed by atoms with Crippen LogP contribution in [-0.4, -0.2) is 4.57 Å². The molecule has 0 bridgehead atoms. The lowest BCUT2D eigenvalue weighted by atomic mass is 9.67. The van der Waals surface area contributed by atoms with Crippen molar-refractivity contribution in [1.29, 1.82) is 0 Å². The summed E-state index contributed by atoms with van der Waals surface area (Å²) in [4.78, 5) is 2.40. The Morgan fingerprint density at radius 1 is 0.253 bits per heavy atom. The molecule has 0 fully saturated rings. The van der Waals surface area contributed by atoms with Crippen molar-refractivity contribution in [1.82, 2.24) is 4.57 Å². The molecule has 0 spiro atoms. The Morgan fingerprint density at radius 2 is 0.733 bits per heavy atom. The van der Waals surface area contributed by atoms with Crippen molar-refractivity contribution in [3.63, 3.8) is 0 Å². The van der Waals surface area contributed by atoms with E-state index in [1.165, 1.54) is 88.6 Å². The lowest BCUT2D eigenvalue weighted by molar-refractivity contribution is 0.767. The largest absolute Gasteiger partial charge is 0.310 e. The van der Waals surface area contributed by atoms with Gasteiger partial charge in [-0.25, -0.2) is 0 Å². The predicted molar refractivity (Wildman–Crippen MR) is 315 cm³/mol. The fourth-order valence-electron chi connectivity index (χ4n) is 12.1. The van der Waals surface area contributed by atoms with E-state index in [-0.39, 0.29) is 0 Å². The Bertz CT molecular complexity index is 4120. The van der Waals surface area contributed by atoms with Crippen molar-refractivity contribution in [3.05, 3.63) is 326 Å². The molecule has 352 valence electrons. The minimum Gasteiger partial charge on any atom is -0.310 e. The number of anilines is 3. The molecule has 14 rings (SSSR count). The highest BCUT2D eigenvalue weighted by Crippen LogP contribution is 2.57. The van der Waals surface area contributed by atoms with Crippen molar-refractivity contribution in [2.24, 2.45) is 0 Å². The minimum absolute atomic E-state index is 0.507. The first-order valence-corrected chi connectivity index (χ1v) is 25.9. The average Bonchev–Trinajstić information content (AvgIpc) is 4.03. The van der Waals surface area contributed by atoms with Gasteiger partial charge in [0.2, 0.25) is 0 Å². The fraction of sp³-hybridized carbons (Fsp3) is 0.0137. The monoisotopic (exact) mass is 954 g/mol. The SMILES string of the molecule is c1ccc(-c2cc(-c3ccccc3)cc(N(c3ccccc3)c3cccc(-c4ccccc4-c4ccc5c6ccccc6n(-c6ccc7c(c6)C(c6ccccc6)(c6ccccc6)c6ccccc6-7)c5c4)c3)c2)cc1. The van der Waals surface area contributed by atoms with E-state index in [9.17, 15) is 0 Å². The second-order valence-corrected chi connectivity index (χ2v) is 19.6. The number of hydrogen-bond donors (Lipinski definition) is 0. The molecule has 1 aliphatic rings. The Morgan fingerprint density at radius 3 is 1.39 bits per heavy atom. The summed E-state index contributed by atoms with van der Waals surface area (Å²) in [5.41, 5.74) is 23.2. The second kappa shape index (κ2) is 18.4. The van der Waals surface area contributed by atoms with Gasteiger partial charge < -0.3 is 9.47 Å². The summed E-state index contributed by atoms with van der Waals surface area (Å²) in [6.45, 7) is 0. The van der Waals surface area contributed by atoms with Gasteiger partial charge in [-0.05, 0) is 145 Å². The molecule has 2 heteroatoms. The summed E-state index contributed by atoms with van der Waals surface area (Å²) in [6.07, 6.45) is 0. The summed E-state index contributed by atoms with van der Waals surface area (Å²) in [5.74, 6) is 0. The van der Waals surface area contributed by atoms with Crippen LogP contribution in [-0.2, 0) is 5.41 Å². The minimum atomic E-state index is -0.507. The molecule has 0 saturated heterocycles. The maximum atomic E-state index is 2.49. The third-order valence-corrected chi connectivity index (χ3v) is 15.4. The van der Waals surface area contributed by atoms with Gasteiger partial charge in [0.05, 0.1) is 16.4 Å². The molecule has 0 atom stereocenters. The number of rotatable bonds is 10. The number of para-hydroxylation sites is 2. The van der Waals surface area contributed by atoms with Gasteiger partial charge in [0, 0.05) is 33.5 Å². The molecule has 2 nitrogen and oxygen atoms in total. The van der Waals surface area contributed by atoms with Crippen LogP contribution in [0.3, 0.4) is 0 Å². The Balaban J connectivity index is 0.924. The number of aromatic nitrogens is 1. The van der Waals surface area contributed by atoms with Gasteiger partial charge in [-0.3, -0.25) is 0 Å². The highest BCUT2D eigenvalue weighted by Gasteiger charge is 2.46. The van der Waals surface area contributed by atoms with Crippen LogP contribution in [0.1, 0.15) is 22.3 Å². The zero-order valence-corrected chi connectivity index (χ0v) is 41.3. The maximum Gasteiger partial charge on any atom is 0.0714 e. The van der Waals surface area contributed by atoms with Gasteiger partial charge >= 0.3 is 0 Å². The van der Waals surface area contributed by atoms with Crippen LogP contribution >= 0.6 is 0 Å². The standard InChI is InChI=1S/C73H50N2/c1-6-23-51(24-7-1)55-45-56(52-25-8-2-9-26-52)48-62(47-55)74(59-32-14-5-15-33-59)60-34-22-27-53(46-60)63-35-16-17-36-64(63)54-41-43-68-67-38-19-21-40-71(67)75(72(68)49-54)61-42-44-66-65-37-18-20-39-69(65)73(70(66)50-61,57-28-10-3-11-29-57)58-30-12-4-13-31-58/h1-50H. The third kappa shape index (κ3) is 7.41. The summed E-state index contributed by atoms with van der Waals surface area (Å²) in [7, 11) is 0. The number of benzene rings is 12. The van der Waals surface area contributed by atoms with Gasteiger partial charge in [0.1, 0.15) is 0 Å². The van der Waals surface area contributed by atoms with Gasteiger partial charge in [0.25, 0.3) is 0 Å². The third-order valence-electron chi connectivity index (χ3n) is 15.4. The number of nitrogens with zero attached hydrogens (tertiary/aromatic N) is 2. The van der Waals surface area contributed by atoms with Crippen molar-refractivity contribution >= 4 is 38.9 Å². The van der Waals surface area contributed by atoms with Crippen LogP contribution in [0.4, 0.5) is 17.1 Å². The highest BCUT2D eigenvalue weighted by atomic mass is 15.1. The molecule has 0 N–H and O–H groups in total. The first-order chi connectivity index (χ1) is 37.2. The van der Waals surface area contributed by atoms with E-state index in [4.69, 9.17) is 0 Å². The van der Waals surface area contributed by atoms with E-state index < -0.39 is 5.41 Å². The van der Waals surface area contributed by atoms with Crippen LogP contribution in [0.2, 0.25) is 0 Å². The topological polar surface area (TPSA) is 8.17 Å². The van der Waals surface area contributed by atoms with Crippen molar-refractivity contribution < 1.29 is 0 Å². The van der Waals surface area contributed by atoms with Crippen molar-refractivity contribution in [3.8, 4) is 61.3 Å². The molecule has 0 radical (unpaired) electrons. The average molecular weight is 955 g/mol. The summed E-state index contributed by atoms with van der Waals surface area (Å²) >= 11 is 0. The summed E-state index contributed by atoms with van der Waals surface area (Å²) in [6, 6.07) is 111. The van der Waals surface area contributed by atoms with Gasteiger partial charge in [0.15, 0.2) is 0 Å². The molecule has 13 aromatic rings. The summed E-state index contributed by atoms with van der Waals surface area (Å²) < 4.78 is 2.49. The molecule has 1 aliphatic carbocycles. The van der Waals surface area contributed by atoms with Crippen LogP contribution in [0.5, 0.6) is 0 Å². The fourth-order valence-corrected chi connectivity index (χ4v) is 12.1. The molecule has 1 heterocycles. The molecule has 0 unspecified atom stereocenters. The molecule has 0 saturated carbocycles. The molecular formula is C73H50N2. The summed E-state index contributed by atoms with van der Waals surface area (Å²) in [5, 5.41) is 2.45. The highest BCUT2D eigenvalue weighted by molar-refractivity contribution is 6.10. The zero-order chi connectivity index (χ0) is 49.7. The van der Waals surface area contributed by atoms with E-state index in [1.54, 1.807) is 0 Å². The lowest BCUT2D eigenvalue weighted by Gasteiger charge is -2.34. The predicted octanol–water partition coefficient (Wildman–Crippen LogP) is 19.3. The maximum absolute atomic E-state index is 2.49. The van der Waals surface area contributed by atoms with E-state index in [1.807, 2.05) is 0 Å². The van der Waals surface area contributed by atoms with E-state index in [0.717, 1.165) is 33.9 Å². The van der Waals surface area contributed by atoms with Crippen LogP contribution in [0, 0.1) is 0 Å². The zero-order valence-electron chi connectivity index (χ0n) is 41.3. The van der Waals surface area contributed by atoms with E-state index >= 15 is 0 Å². The second-order valence-electron chi connectivity index (χ2n) is 19.6. The van der Waals surface area contributed by atoms with Crippen molar-refractivity contribution in [2.75, 3.05) is 4.90 Å². The van der Waals surface area contributed by atoms with E-state index in [2.05, 4.69) is 313 Å². The molecule has 1 aromatic heterocycles. The molecule has 75 heavy (non-hydrogen) atoms. The van der Waals surface area contributed by atoms with Gasteiger partial charge in [-0.1, -0.05) is 237 Å². The molecule has 0 amide bonds. The van der Waals surface area contributed by atoms with Crippen molar-refractivity contribution in [2.45, 2.75) is 5.41 Å². The van der Waals surface area contributed by atoms with Crippen LogP contribution < -0.4 is 4.90 Å². The first kappa shape index (κ1) is 44.0. The molecular weight excluding hydrogens is 905 g/mol. The first-order valence-electron chi connectivity index (χ1n) is 25.9. The normalized spacial score (nSPS) is 12.4. The Hall–Kier alpha value is -9.76. The number of fused-ring (bicyclic) bond motifs is 6. The number of hydrogen-bond acceptors (Lipinski definition) is 1. The smallest absolute Gasteiger partial charge is 0.0714 e. The molecule has 12 aromatic carbocycles.